The van der Waals surface area contributed by atoms with Crippen molar-refractivity contribution in [3.63, 3.8) is 0 Å². The van der Waals surface area contributed by atoms with Crippen LogP contribution in [0, 0.1) is 5.92 Å². The van der Waals surface area contributed by atoms with Crippen LogP contribution >= 0.6 is 0 Å². The minimum atomic E-state index is 0.00645. The summed E-state index contributed by atoms with van der Waals surface area (Å²) in [5.74, 6) is 0.113. The minimum absolute atomic E-state index is 0.00645. The van der Waals surface area contributed by atoms with Crippen LogP contribution in [0.2, 0.25) is 0 Å². The molecule has 5 nitrogen and oxygen atoms in total. The molecule has 2 atom stereocenters. The van der Waals surface area contributed by atoms with Crippen LogP contribution in [0.5, 0.6) is 0 Å². The van der Waals surface area contributed by atoms with Crippen molar-refractivity contribution in [2.24, 2.45) is 5.92 Å². The van der Waals surface area contributed by atoms with Gasteiger partial charge in [-0.15, -0.1) is 0 Å². The van der Waals surface area contributed by atoms with Crippen molar-refractivity contribution in [2.75, 3.05) is 19.6 Å². The highest BCUT2D eigenvalue weighted by Crippen LogP contribution is 2.15. The molecule has 1 heterocycles. The molecule has 18 heavy (non-hydrogen) atoms. The first-order valence-corrected chi connectivity index (χ1v) is 6.93. The standard InChI is InChI=1S/C13H25N3O2/c1-3-7-15-12(17)6-9-16-13(18)11-5-4-8-14-10(11)2/h10-11,14H,3-9H2,1-2H3,(H,15,17)(H,16,18). The fourth-order valence-electron chi connectivity index (χ4n) is 2.19. The van der Waals surface area contributed by atoms with Crippen molar-refractivity contribution in [2.45, 2.75) is 45.6 Å². The number of piperidine rings is 1. The van der Waals surface area contributed by atoms with E-state index in [0.29, 0.717) is 19.5 Å². The molecule has 3 N–H and O–H groups in total. The molecule has 0 bridgehead atoms. The molecule has 0 aromatic rings. The van der Waals surface area contributed by atoms with E-state index in [9.17, 15) is 9.59 Å². The van der Waals surface area contributed by atoms with E-state index in [0.717, 1.165) is 25.8 Å². The summed E-state index contributed by atoms with van der Waals surface area (Å²) in [6.07, 6.45) is 3.27. The van der Waals surface area contributed by atoms with Gasteiger partial charge in [0.15, 0.2) is 0 Å². The second kappa shape index (κ2) is 8.08. The summed E-state index contributed by atoms with van der Waals surface area (Å²) in [6.45, 7) is 6.18. The van der Waals surface area contributed by atoms with Crippen molar-refractivity contribution in [3.05, 3.63) is 0 Å². The Balaban J connectivity index is 2.18. The lowest BCUT2D eigenvalue weighted by Gasteiger charge is -2.28. The molecule has 0 spiro atoms. The molecule has 1 fully saturated rings. The van der Waals surface area contributed by atoms with Crippen molar-refractivity contribution in [3.8, 4) is 0 Å². The maximum absolute atomic E-state index is 11.9. The zero-order valence-corrected chi connectivity index (χ0v) is 11.4. The van der Waals surface area contributed by atoms with Crippen LogP contribution in [0.25, 0.3) is 0 Å². The first kappa shape index (κ1) is 15.0. The predicted octanol–water partition coefficient (Wildman–Crippen LogP) is 0.407. The highest BCUT2D eigenvalue weighted by atomic mass is 16.2. The molecule has 1 saturated heterocycles. The molecular weight excluding hydrogens is 230 g/mol. The SMILES string of the molecule is CCCNC(=O)CCNC(=O)C1CCCNC1C. The van der Waals surface area contributed by atoms with Gasteiger partial charge in [-0.1, -0.05) is 6.92 Å². The van der Waals surface area contributed by atoms with Gasteiger partial charge >= 0.3 is 0 Å². The second-order valence-electron chi connectivity index (χ2n) is 4.88. The average Bonchev–Trinajstić information content (AvgIpc) is 2.36. The quantitative estimate of drug-likeness (QED) is 0.644. The molecule has 0 aromatic heterocycles. The number of hydrogen-bond donors (Lipinski definition) is 3. The molecule has 0 aromatic carbocycles. The van der Waals surface area contributed by atoms with E-state index in [4.69, 9.17) is 0 Å². The first-order valence-electron chi connectivity index (χ1n) is 6.93. The predicted molar refractivity (Wildman–Crippen MR) is 71.1 cm³/mol. The maximum Gasteiger partial charge on any atom is 0.224 e. The smallest absolute Gasteiger partial charge is 0.224 e. The monoisotopic (exact) mass is 255 g/mol. The molecular formula is C13H25N3O2. The molecule has 0 aliphatic carbocycles. The molecule has 2 amide bonds. The van der Waals surface area contributed by atoms with E-state index in [1.54, 1.807) is 0 Å². The largest absolute Gasteiger partial charge is 0.356 e. The Labute approximate surface area is 109 Å². The first-order chi connectivity index (χ1) is 8.65. The normalized spacial score (nSPS) is 23.4. The topological polar surface area (TPSA) is 70.2 Å². The Morgan fingerprint density at radius 3 is 2.72 bits per heavy atom. The van der Waals surface area contributed by atoms with Gasteiger partial charge in [0.2, 0.25) is 11.8 Å². The summed E-state index contributed by atoms with van der Waals surface area (Å²) in [5, 5.41) is 8.94. The van der Waals surface area contributed by atoms with E-state index in [1.807, 2.05) is 13.8 Å². The summed E-state index contributed by atoms with van der Waals surface area (Å²) in [4.78, 5) is 23.3. The summed E-state index contributed by atoms with van der Waals surface area (Å²) < 4.78 is 0. The van der Waals surface area contributed by atoms with Crippen LogP contribution in [0.1, 0.15) is 39.5 Å². The number of carbonyl (C=O) groups is 2. The lowest BCUT2D eigenvalue weighted by Crippen LogP contribution is -2.47. The van der Waals surface area contributed by atoms with Gasteiger partial charge in [0.05, 0.1) is 5.92 Å². The van der Waals surface area contributed by atoms with E-state index in [1.165, 1.54) is 0 Å². The van der Waals surface area contributed by atoms with E-state index in [2.05, 4.69) is 16.0 Å². The van der Waals surface area contributed by atoms with Crippen LogP contribution in [0.15, 0.2) is 0 Å². The number of rotatable bonds is 6. The summed E-state index contributed by atoms with van der Waals surface area (Å²) in [5.41, 5.74) is 0. The van der Waals surface area contributed by atoms with Gasteiger partial charge in [-0.2, -0.15) is 0 Å². The third-order valence-electron chi connectivity index (χ3n) is 3.32. The third kappa shape index (κ3) is 5.04. The van der Waals surface area contributed by atoms with Gasteiger partial charge in [-0.3, -0.25) is 9.59 Å². The van der Waals surface area contributed by atoms with Gasteiger partial charge in [0.25, 0.3) is 0 Å². The van der Waals surface area contributed by atoms with Gasteiger partial charge in [-0.25, -0.2) is 0 Å². The van der Waals surface area contributed by atoms with E-state index in [-0.39, 0.29) is 23.8 Å². The van der Waals surface area contributed by atoms with Crippen LogP contribution in [-0.2, 0) is 9.59 Å². The highest BCUT2D eigenvalue weighted by molar-refractivity contribution is 5.81. The zero-order valence-electron chi connectivity index (χ0n) is 11.4. The molecule has 1 aliphatic heterocycles. The number of amides is 2. The number of carbonyl (C=O) groups excluding carboxylic acids is 2. The lowest BCUT2D eigenvalue weighted by atomic mass is 9.91. The van der Waals surface area contributed by atoms with E-state index >= 15 is 0 Å². The summed E-state index contributed by atoms with van der Waals surface area (Å²) in [6, 6.07) is 0.229. The molecule has 5 heteroatoms. The van der Waals surface area contributed by atoms with Gasteiger partial charge < -0.3 is 16.0 Å². The second-order valence-corrected chi connectivity index (χ2v) is 4.88. The molecule has 0 saturated carbocycles. The summed E-state index contributed by atoms with van der Waals surface area (Å²) >= 11 is 0. The van der Waals surface area contributed by atoms with E-state index < -0.39 is 0 Å². The van der Waals surface area contributed by atoms with Crippen LogP contribution in [0.4, 0.5) is 0 Å². The lowest BCUT2D eigenvalue weighted by molar-refractivity contribution is -0.126. The summed E-state index contributed by atoms with van der Waals surface area (Å²) in [7, 11) is 0. The van der Waals surface area contributed by atoms with Crippen molar-refractivity contribution < 1.29 is 9.59 Å². The Kier molecular flexibility index (Phi) is 6.72. The number of hydrogen-bond acceptors (Lipinski definition) is 3. The fourth-order valence-corrected chi connectivity index (χ4v) is 2.19. The van der Waals surface area contributed by atoms with Crippen LogP contribution < -0.4 is 16.0 Å². The Morgan fingerprint density at radius 2 is 2.06 bits per heavy atom. The Hall–Kier alpha value is -1.10. The minimum Gasteiger partial charge on any atom is -0.356 e. The maximum atomic E-state index is 11.9. The zero-order chi connectivity index (χ0) is 13.4. The van der Waals surface area contributed by atoms with Gasteiger partial charge in [0.1, 0.15) is 0 Å². The van der Waals surface area contributed by atoms with Crippen molar-refractivity contribution in [1.29, 1.82) is 0 Å². The molecule has 104 valence electrons. The molecule has 2 unspecified atom stereocenters. The van der Waals surface area contributed by atoms with Crippen LogP contribution in [-0.4, -0.2) is 37.5 Å². The van der Waals surface area contributed by atoms with Crippen LogP contribution in [0.3, 0.4) is 0 Å². The van der Waals surface area contributed by atoms with Crippen molar-refractivity contribution >= 4 is 11.8 Å². The molecule has 0 radical (unpaired) electrons. The van der Waals surface area contributed by atoms with Gasteiger partial charge in [0, 0.05) is 25.6 Å². The van der Waals surface area contributed by atoms with Crippen molar-refractivity contribution in [1.82, 2.24) is 16.0 Å². The number of nitrogens with one attached hydrogen (secondary N) is 3. The fraction of sp³-hybridized carbons (Fsp3) is 0.846. The average molecular weight is 255 g/mol. The Bertz CT molecular complexity index is 281. The Morgan fingerprint density at radius 1 is 1.28 bits per heavy atom. The highest BCUT2D eigenvalue weighted by Gasteiger charge is 2.26. The molecule has 1 aliphatic rings. The molecule has 1 rings (SSSR count). The third-order valence-corrected chi connectivity index (χ3v) is 3.32. The van der Waals surface area contributed by atoms with Gasteiger partial charge in [-0.05, 0) is 32.7 Å².